The number of nitrogens with zero attached hydrogens (tertiary/aromatic N) is 3. The highest BCUT2D eigenvalue weighted by Gasteiger charge is 2.10. The second-order valence-corrected chi connectivity index (χ2v) is 5.64. The van der Waals surface area contributed by atoms with Gasteiger partial charge in [-0.1, -0.05) is 17.7 Å². The average Bonchev–Trinajstić information content (AvgIpc) is 2.86. The number of carbonyl (C=O) groups is 1. The summed E-state index contributed by atoms with van der Waals surface area (Å²) >= 11 is 0. The SMILES string of the molecule is Cc1ccc(OCCC(=O)N(C)Cc2cnn(C)c2)c(C)c1. The number of hydrogen-bond acceptors (Lipinski definition) is 3. The van der Waals surface area contributed by atoms with Crippen molar-refractivity contribution < 1.29 is 9.53 Å². The fourth-order valence-electron chi connectivity index (χ4n) is 2.32. The van der Waals surface area contributed by atoms with Crippen molar-refractivity contribution in [2.45, 2.75) is 26.8 Å². The van der Waals surface area contributed by atoms with Crippen molar-refractivity contribution in [3.05, 3.63) is 47.3 Å². The highest BCUT2D eigenvalue weighted by Crippen LogP contribution is 2.18. The minimum absolute atomic E-state index is 0.0635. The van der Waals surface area contributed by atoms with Crippen LogP contribution in [-0.4, -0.2) is 34.2 Å². The number of carbonyl (C=O) groups excluding carboxylic acids is 1. The molecule has 0 spiro atoms. The third-order valence-corrected chi connectivity index (χ3v) is 3.51. The second-order valence-electron chi connectivity index (χ2n) is 5.64. The molecule has 0 bridgehead atoms. The van der Waals surface area contributed by atoms with Gasteiger partial charge in [0.25, 0.3) is 0 Å². The van der Waals surface area contributed by atoms with Crippen molar-refractivity contribution in [2.75, 3.05) is 13.7 Å². The largest absolute Gasteiger partial charge is 0.493 e. The Kier molecular flexibility index (Phi) is 5.20. The van der Waals surface area contributed by atoms with Gasteiger partial charge in [-0.25, -0.2) is 0 Å². The Morgan fingerprint density at radius 1 is 1.36 bits per heavy atom. The van der Waals surface area contributed by atoms with Gasteiger partial charge in [0, 0.05) is 32.4 Å². The van der Waals surface area contributed by atoms with Crippen LogP contribution in [0.1, 0.15) is 23.1 Å². The topological polar surface area (TPSA) is 47.4 Å². The summed E-state index contributed by atoms with van der Waals surface area (Å²) in [4.78, 5) is 13.8. The van der Waals surface area contributed by atoms with Gasteiger partial charge < -0.3 is 9.64 Å². The molecule has 1 heterocycles. The summed E-state index contributed by atoms with van der Waals surface area (Å²) in [6.45, 7) is 5.02. The van der Waals surface area contributed by atoms with Gasteiger partial charge in [0.15, 0.2) is 0 Å². The average molecular weight is 301 g/mol. The van der Waals surface area contributed by atoms with E-state index in [0.29, 0.717) is 19.6 Å². The molecule has 0 radical (unpaired) electrons. The predicted octanol–water partition coefficient (Wildman–Crippen LogP) is 2.46. The van der Waals surface area contributed by atoms with Crippen LogP contribution in [0.4, 0.5) is 0 Å². The Labute approximate surface area is 131 Å². The molecule has 0 N–H and O–H groups in total. The highest BCUT2D eigenvalue weighted by molar-refractivity contribution is 5.76. The van der Waals surface area contributed by atoms with E-state index in [2.05, 4.69) is 11.2 Å². The van der Waals surface area contributed by atoms with Crippen LogP contribution in [0.15, 0.2) is 30.6 Å². The number of aromatic nitrogens is 2. The first-order valence-corrected chi connectivity index (χ1v) is 7.37. The Balaban J connectivity index is 1.79. The summed E-state index contributed by atoms with van der Waals surface area (Å²) in [6, 6.07) is 6.04. The predicted molar refractivity (Wildman–Crippen MR) is 85.7 cm³/mol. The zero-order valence-corrected chi connectivity index (χ0v) is 13.7. The Bertz CT molecular complexity index is 649. The molecule has 5 heteroatoms. The van der Waals surface area contributed by atoms with E-state index in [4.69, 9.17) is 4.74 Å². The van der Waals surface area contributed by atoms with E-state index in [0.717, 1.165) is 16.9 Å². The summed E-state index contributed by atoms with van der Waals surface area (Å²) in [7, 11) is 3.66. The van der Waals surface area contributed by atoms with Gasteiger partial charge in [0.05, 0.1) is 19.2 Å². The lowest BCUT2D eigenvalue weighted by atomic mass is 10.1. The molecule has 0 unspecified atom stereocenters. The van der Waals surface area contributed by atoms with Gasteiger partial charge in [-0.3, -0.25) is 9.48 Å². The molecular formula is C17H23N3O2. The third kappa shape index (κ3) is 4.35. The Morgan fingerprint density at radius 3 is 2.77 bits per heavy atom. The standard InChI is InChI=1S/C17H23N3O2/c1-13-5-6-16(14(2)9-13)22-8-7-17(21)19(3)11-15-10-18-20(4)12-15/h5-6,9-10,12H,7-8,11H2,1-4H3. The normalized spacial score (nSPS) is 10.5. The number of rotatable bonds is 6. The summed E-state index contributed by atoms with van der Waals surface area (Å²) < 4.78 is 7.44. The summed E-state index contributed by atoms with van der Waals surface area (Å²) in [5.74, 6) is 0.905. The maximum Gasteiger partial charge on any atom is 0.226 e. The van der Waals surface area contributed by atoms with E-state index in [9.17, 15) is 4.79 Å². The molecule has 1 amide bonds. The van der Waals surface area contributed by atoms with Crippen LogP contribution in [-0.2, 0) is 18.4 Å². The molecular weight excluding hydrogens is 278 g/mol. The molecule has 118 valence electrons. The number of aryl methyl sites for hydroxylation is 3. The van der Waals surface area contributed by atoms with Crippen molar-refractivity contribution in [1.29, 1.82) is 0 Å². The van der Waals surface area contributed by atoms with E-state index in [1.165, 1.54) is 5.56 Å². The zero-order chi connectivity index (χ0) is 16.1. The first-order chi connectivity index (χ1) is 10.5. The van der Waals surface area contributed by atoms with Crippen LogP contribution >= 0.6 is 0 Å². The lowest BCUT2D eigenvalue weighted by Crippen LogP contribution is -2.27. The fraction of sp³-hybridized carbons (Fsp3) is 0.412. The first kappa shape index (κ1) is 16.1. The zero-order valence-electron chi connectivity index (χ0n) is 13.7. The van der Waals surface area contributed by atoms with Crippen molar-refractivity contribution >= 4 is 5.91 Å². The smallest absolute Gasteiger partial charge is 0.226 e. The number of hydrogen-bond donors (Lipinski definition) is 0. The van der Waals surface area contributed by atoms with Crippen molar-refractivity contribution in [2.24, 2.45) is 7.05 Å². The molecule has 0 aliphatic carbocycles. The van der Waals surface area contributed by atoms with Crippen LogP contribution in [0, 0.1) is 13.8 Å². The van der Waals surface area contributed by atoms with Crippen molar-refractivity contribution in [3.8, 4) is 5.75 Å². The minimum atomic E-state index is 0.0635. The van der Waals surface area contributed by atoms with Crippen molar-refractivity contribution in [3.63, 3.8) is 0 Å². The van der Waals surface area contributed by atoms with Crippen LogP contribution in [0.25, 0.3) is 0 Å². The Morgan fingerprint density at radius 2 is 2.14 bits per heavy atom. The van der Waals surface area contributed by atoms with Crippen LogP contribution in [0.2, 0.25) is 0 Å². The maximum atomic E-state index is 12.1. The highest BCUT2D eigenvalue weighted by atomic mass is 16.5. The minimum Gasteiger partial charge on any atom is -0.493 e. The van der Waals surface area contributed by atoms with Crippen LogP contribution in [0.5, 0.6) is 5.75 Å². The van der Waals surface area contributed by atoms with Crippen LogP contribution in [0.3, 0.4) is 0 Å². The molecule has 1 aromatic heterocycles. The molecule has 0 aliphatic rings. The molecule has 0 aliphatic heterocycles. The summed E-state index contributed by atoms with van der Waals surface area (Å²) in [5.41, 5.74) is 3.32. The molecule has 0 saturated heterocycles. The summed E-state index contributed by atoms with van der Waals surface area (Å²) in [6.07, 6.45) is 4.05. The van der Waals surface area contributed by atoms with E-state index in [-0.39, 0.29) is 5.91 Å². The first-order valence-electron chi connectivity index (χ1n) is 7.37. The fourth-order valence-corrected chi connectivity index (χ4v) is 2.32. The van der Waals surface area contributed by atoms with Crippen LogP contribution < -0.4 is 4.74 Å². The van der Waals surface area contributed by atoms with Gasteiger partial charge in [0.1, 0.15) is 5.75 Å². The molecule has 2 aromatic rings. The number of ether oxygens (including phenoxy) is 1. The van der Waals surface area contributed by atoms with Crippen molar-refractivity contribution in [1.82, 2.24) is 14.7 Å². The van der Waals surface area contributed by atoms with Gasteiger partial charge in [-0.2, -0.15) is 5.10 Å². The number of benzene rings is 1. The molecule has 0 saturated carbocycles. The molecule has 22 heavy (non-hydrogen) atoms. The van der Waals surface area contributed by atoms with E-state index in [1.54, 1.807) is 22.8 Å². The van der Waals surface area contributed by atoms with E-state index < -0.39 is 0 Å². The van der Waals surface area contributed by atoms with Gasteiger partial charge in [0.2, 0.25) is 5.91 Å². The number of amides is 1. The lowest BCUT2D eigenvalue weighted by molar-refractivity contribution is -0.130. The molecule has 1 aromatic carbocycles. The second kappa shape index (κ2) is 7.11. The lowest BCUT2D eigenvalue weighted by Gasteiger charge is -2.16. The van der Waals surface area contributed by atoms with E-state index in [1.807, 2.05) is 39.2 Å². The third-order valence-electron chi connectivity index (χ3n) is 3.51. The molecule has 2 rings (SSSR count). The molecule has 0 atom stereocenters. The maximum absolute atomic E-state index is 12.1. The van der Waals surface area contributed by atoms with E-state index >= 15 is 0 Å². The monoisotopic (exact) mass is 301 g/mol. The molecule has 0 fully saturated rings. The van der Waals surface area contributed by atoms with Gasteiger partial charge in [-0.15, -0.1) is 0 Å². The summed E-state index contributed by atoms with van der Waals surface area (Å²) in [5, 5.41) is 4.10. The van der Waals surface area contributed by atoms with Gasteiger partial charge in [-0.05, 0) is 25.5 Å². The molecule has 5 nitrogen and oxygen atoms in total. The quantitative estimate of drug-likeness (QED) is 0.823. The van der Waals surface area contributed by atoms with Gasteiger partial charge >= 0.3 is 0 Å². The Hall–Kier alpha value is -2.30.